The Morgan fingerprint density at radius 1 is 0.952 bits per heavy atom. The van der Waals surface area contributed by atoms with Crippen molar-refractivity contribution < 1.29 is 24.2 Å². The van der Waals surface area contributed by atoms with E-state index in [9.17, 15) is 9.59 Å². The van der Waals surface area contributed by atoms with Crippen LogP contribution in [0, 0.1) is 0 Å². The number of aliphatic carboxylic acids is 1. The molecule has 0 heterocycles. The second kappa shape index (κ2) is 13.7. The molecular formula is C14H28N2O5. The van der Waals surface area contributed by atoms with E-state index in [1.54, 1.807) is 0 Å². The van der Waals surface area contributed by atoms with Crippen LogP contribution in [-0.4, -0.2) is 47.9 Å². The molecular weight excluding hydrogens is 276 g/mol. The largest absolute Gasteiger partial charge is 0.481 e. The lowest BCUT2D eigenvalue weighted by atomic mass is 10.1. The number of Topliss-reactive ketones (excluding diaryl/α,β-unsaturated/α-hetero) is 2. The number of hydrogen-bond donors (Lipinski definition) is 3. The first-order valence-corrected chi connectivity index (χ1v) is 7.14. The van der Waals surface area contributed by atoms with E-state index in [0.717, 1.165) is 19.8 Å². The van der Waals surface area contributed by atoms with Gasteiger partial charge in [0, 0.05) is 6.92 Å². The summed E-state index contributed by atoms with van der Waals surface area (Å²) in [6, 6.07) is 0. The van der Waals surface area contributed by atoms with Gasteiger partial charge in [0.15, 0.2) is 11.6 Å². The summed E-state index contributed by atoms with van der Waals surface area (Å²) in [7, 11) is 0. The van der Waals surface area contributed by atoms with Gasteiger partial charge in [0.1, 0.15) is 12.2 Å². The monoisotopic (exact) mass is 304 g/mol. The van der Waals surface area contributed by atoms with E-state index in [-0.39, 0.29) is 24.7 Å². The molecule has 0 aliphatic heterocycles. The molecule has 2 atom stereocenters. The fraction of sp³-hybridized carbons (Fsp3) is 0.786. The van der Waals surface area contributed by atoms with Gasteiger partial charge in [0.25, 0.3) is 5.97 Å². The van der Waals surface area contributed by atoms with Gasteiger partial charge in [-0.1, -0.05) is 26.7 Å². The van der Waals surface area contributed by atoms with Gasteiger partial charge in [0.2, 0.25) is 0 Å². The quantitative estimate of drug-likeness (QED) is 0.534. The van der Waals surface area contributed by atoms with Crippen LogP contribution in [-0.2, 0) is 19.1 Å². The molecule has 0 amide bonds. The second-order valence-corrected chi connectivity index (χ2v) is 4.55. The van der Waals surface area contributed by atoms with Gasteiger partial charge in [-0.25, -0.2) is 0 Å². The fourth-order valence-electron chi connectivity index (χ4n) is 1.60. The summed E-state index contributed by atoms with van der Waals surface area (Å²) in [5, 5.41) is 7.42. The maximum atomic E-state index is 11.6. The van der Waals surface area contributed by atoms with E-state index in [1.165, 1.54) is 0 Å². The summed E-state index contributed by atoms with van der Waals surface area (Å²) >= 11 is 0. The Balaban J connectivity index is 0. The molecule has 0 fully saturated rings. The molecule has 2 unspecified atom stereocenters. The molecule has 0 saturated carbocycles. The van der Waals surface area contributed by atoms with Crippen LogP contribution < -0.4 is 11.5 Å². The third-order valence-corrected chi connectivity index (χ3v) is 2.55. The van der Waals surface area contributed by atoms with E-state index in [0.29, 0.717) is 12.8 Å². The van der Waals surface area contributed by atoms with Crippen LogP contribution in [0.4, 0.5) is 0 Å². The first-order chi connectivity index (χ1) is 9.83. The molecule has 0 aromatic heterocycles. The molecule has 0 spiro atoms. The molecule has 21 heavy (non-hydrogen) atoms. The van der Waals surface area contributed by atoms with Crippen molar-refractivity contribution in [3.8, 4) is 0 Å². The van der Waals surface area contributed by atoms with E-state index in [2.05, 4.69) is 0 Å². The number of nitrogens with two attached hydrogens (primary N) is 2. The Morgan fingerprint density at radius 2 is 1.24 bits per heavy atom. The molecule has 0 aliphatic carbocycles. The minimum absolute atomic E-state index is 0.0552. The third-order valence-electron chi connectivity index (χ3n) is 2.55. The molecule has 0 radical (unpaired) electrons. The summed E-state index contributed by atoms with van der Waals surface area (Å²) in [6.07, 6.45) is 1.66. The fourth-order valence-corrected chi connectivity index (χ4v) is 1.60. The minimum atomic E-state index is -0.833. The zero-order valence-electron chi connectivity index (χ0n) is 13.1. The summed E-state index contributed by atoms with van der Waals surface area (Å²) in [6.45, 7) is 4.89. The molecule has 124 valence electrons. The minimum Gasteiger partial charge on any atom is -0.481 e. The number of carboxylic acid groups (broad SMARTS) is 1. The lowest BCUT2D eigenvalue weighted by molar-refractivity contribution is -0.143. The van der Waals surface area contributed by atoms with Crippen molar-refractivity contribution >= 4 is 17.5 Å². The molecule has 7 nitrogen and oxygen atoms in total. The maximum absolute atomic E-state index is 11.6. The van der Waals surface area contributed by atoms with Gasteiger partial charge < -0.3 is 21.3 Å². The van der Waals surface area contributed by atoms with E-state index in [4.69, 9.17) is 26.1 Å². The van der Waals surface area contributed by atoms with Gasteiger partial charge in [-0.05, 0) is 12.8 Å². The second-order valence-electron chi connectivity index (χ2n) is 4.55. The molecule has 0 bridgehead atoms. The van der Waals surface area contributed by atoms with E-state index in [1.807, 2.05) is 13.8 Å². The average Bonchev–Trinajstić information content (AvgIpc) is 2.43. The van der Waals surface area contributed by atoms with Crippen molar-refractivity contribution in [2.45, 2.75) is 58.7 Å². The first-order valence-electron chi connectivity index (χ1n) is 7.14. The highest BCUT2D eigenvalue weighted by Crippen LogP contribution is 2.11. The Bertz CT molecular complexity index is 292. The van der Waals surface area contributed by atoms with Crippen LogP contribution in [0.25, 0.3) is 0 Å². The lowest BCUT2D eigenvalue weighted by Gasteiger charge is -2.22. The zero-order valence-corrected chi connectivity index (χ0v) is 13.1. The molecule has 7 heteroatoms. The molecule has 0 aromatic carbocycles. The van der Waals surface area contributed by atoms with Gasteiger partial charge in [-0.2, -0.15) is 0 Å². The molecule has 0 rings (SSSR count). The summed E-state index contributed by atoms with van der Waals surface area (Å²) < 4.78 is 5.58. The highest BCUT2D eigenvalue weighted by atomic mass is 16.5. The van der Waals surface area contributed by atoms with Gasteiger partial charge in [0.05, 0.1) is 13.1 Å². The number of carboxylic acids is 1. The Morgan fingerprint density at radius 3 is 1.43 bits per heavy atom. The Kier molecular flexibility index (Phi) is 14.3. The van der Waals surface area contributed by atoms with Crippen LogP contribution in [0.3, 0.4) is 0 Å². The van der Waals surface area contributed by atoms with E-state index >= 15 is 0 Å². The summed E-state index contributed by atoms with van der Waals surface area (Å²) in [5.74, 6) is -1.14. The van der Waals surface area contributed by atoms with E-state index < -0.39 is 18.2 Å². The van der Waals surface area contributed by atoms with Crippen LogP contribution in [0.5, 0.6) is 0 Å². The number of ether oxygens (including phenoxy) is 1. The maximum Gasteiger partial charge on any atom is 0.300 e. The van der Waals surface area contributed by atoms with Crippen molar-refractivity contribution in [2.24, 2.45) is 11.5 Å². The summed E-state index contributed by atoms with van der Waals surface area (Å²) in [5.41, 5.74) is 10.6. The smallest absolute Gasteiger partial charge is 0.300 e. The lowest BCUT2D eigenvalue weighted by Crippen LogP contribution is -2.39. The number of carbonyl (C=O) groups excluding carboxylic acids is 2. The number of carbonyl (C=O) groups is 3. The predicted molar refractivity (Wildman–Crippen MR) is 79.9 cm³/mol. The van der Waals surface area contributed by atoms with Crippen molar-refractivity contribution in [3.05, 3.63) is 0 Å². The average molecular weight is 304 g/mol. The Labute approximate surface area is 126 Å². The molecule has 0 aliphatic rings. The predicted octanol–water partition coefficient (Wildman–Crippen LogP) is 0.487. The van der Waals surface area contributed by atoms with Crippen LogP contribution >= 0.6 is 0 Å². The van der Waals surface area contributed by atoms with Crippen LogP contribution in [0.1, 0.15) is 46.5 Å². The van der Waals surface area contributed by atoms with Crippen molar-refractivity contribution in [1.29, 1.82) is 0 Å². The van der Waals surface area contributed by atoms with Crippen LogP contribution in [0.15, 0.2) is 0 Å². The van der Waals surface area contributed by atoms with Crippen molar-refractivity contribution in [1.82, 2.24) is 0 Å². The van der Waals surface area contributed by atoms with Gasteiger partial charge in [-0.15, -0.1) is 0 Å². The first kappa shape index (κ1) is 22.0. The topological polar surface area (TPSA) is 133 Å². The van der Waals surface area contributed by atoms with Crippen molar-refractivity contribution in [2.75, 3.05) is 13.1 Å². The highest BCUT2D eigenvalue weighted by molar-refractivity contribution is 5.87. The number of rotatable bonds is 10. The summed E-state index contributed by atoms with van der Waals surface area (Å²) in [4.78, 5) is 32.1. The van der Waals surface area contributed by atoms with Crippen LogP contribution in [0.2, 0.25) is 0 Å². The van der Waals surface area contributed by atoms with Gasteiger partial charge in [-0.3, -0.25) is 14.4 Å². The SMILES string of the molecule is CC(=O)O.CCCC(OC(CCC)C(=O)CN)C(=O)CN. The molecule has 0 aromatic rings. The zero-order chi connectivity index (χ0) is 16.8. The normalized spacial score (nSPS) is 12.8. The highest BCUT2D eigenvalue weighted by Gasteiger charge is 2.25. The molecule has 0 saturated heterocycles. The Hall–Kier alpha value is -1.31. The number of hydrogen-bond acceptors (Lipinski definition) is 6. The number of ketones is 2. The van der Waals surface area contributed by atoms with Crippen molar-refractivity contribution in [3.63, 3.8) is 0 Å². The standard InChI is InChI=1S/C12H24N2O3.C2H4O2/c1-3-5-11(9(15)7-13)17-12(6-4-2)10(16)8-14;1-2(3)4/h11-12H,3-8,13-14H2,1-2H3;1H3,(H,3,4). The molecule has 5 N–H and O–H groups in total. The third kappa shape index (κ3) is 12.2. The van der Waals surface area contributed by atoms with Gasteiger partial charge >= 0.3 is 0 Å².